The minimum Gasteiger partial charge on any atom is -0.300 e. The van der Waals surface area contributed by atoms with Gasteiger partial charge in [-0.3, -0.25) is 0 Å². The second kappa shape index (κ2) is 11.0. The monoisotopic (exact) mass is 240 g/mol. The molecule has 0 amide bonds. The number of rotatable bonds is 3. The van der Waals surface area contributed by atoms with E-state index in [-0.39, 0.29) is 0 Å². The Morgan fingerprint density at radius 2 is 2.00 bits per heavy atom. The van der Waals surface area contributed by atoms with Crippen molar-refractivity contribution in [3.63, 3.8) is 0 Å². The maximum Gasteiger partial charge on any atom is 0.129 e. The van der Waals surface area contributed by atoms with E-state index in [1.807, 2.05) is 0 Å². The van der Waals surface area contributed by atoms with Crippen LogP contribution in [0.15, 0.2) is 13.2 Å². The molecular formula is C7H13IO. The maximum atomic E-state index is 10.2. The molecule has 0 N–H and O–H groups in total. The van der Waals surface area contributed by atoms with Crippen molar-refractivity contribution in [3.8, 4) is 0 Å². The fourth-order valence-corrected chi connectivity index (χ4v) is 0.697. The predicted octanol–water partition coefficient (Wildman–Crippen LogP) is 2.59. The molecule has 0 bridgehead atoms. The molecule has 0 heterocycles. The SMILES string of the molecule is C=C.CC(=O)CCCI. The van der Waals surface area contributed by atoms with Crippen molar-refractivity contribution >= 4 is 28.4 Å². The molecule has 0 radical (unpaired) electrons. The molecule has 9 heavy (non-hydrogen) atoms. The Balaban J connectivity index is 0. The molecule has 1 nitrogen and oxygen atoms in total. The fraction of sp³-hybridized carbons (Fsp3) is 0.571. The zero-order chi connectivity index (χ0) is 7.70. The highest BCUT2D eigenvalue weighted by atomic mass is 127. The van der Waals surface area contributed by atoms with Crippen LogP contribution in [0.4, 0.5) is 0 Å². The molecule has 0 atom stereocenters. The van der Waals surface area contributed by atoms with Crippen LogP contribution >= 0.6 is 22.6 Å². The normalized spacial score (nSPS) is 7.33. The van der Waals surface area contributed by atoms with E-state index in [2.05, 4.69) is 35.7 Å². The van der Waals surface area contributed by atoms with Crippen molar-refractivity contribution in [1.82, 2.24) is 0 Å². The molecule has 0 aliphatic rings. The van der Waals surface area contributed by atoms with E-state index in [0.717, 1.165) is 17.3 Å². The van der Waals surface area contributed by atoms with Crippen molar-refractivity contribution in [2.45, 2.75) is 19.8 Å². The van der Waals surface area contributed by atoms with Crippen LogP contribution in [0.2, 0.25) is 0 Å². The van der Waals surface area contributed by atoms with Crippen LogP contribution in [-0.4, -0.2) is 10.2 Å². The van der Waals surface area contributed by atoms with Crippen molar-refractivity contribution in [1.29, 1.82) is 0 Å². The Labute approximate surface area is 70.7 Å². The van der Waals surface area contributed by atoms with Gasteiger partial charge in [0, 0.05) is 6.42 Å². The largest absolute Gasteiger partial charge is 0.300 e. The van der Waals surface area contributed by atoms with Gasteiger partial charge in [0.25, 0.3) is 0 Å². The summed E-state index contributed by atoms with van der Waals surface area (Å²) in [5.74, 6) is 0.302. The third kappa shape index (κ3) is 17.9. The zero-order valence-electron chi connectivity index (χ0n) is 5.82. The average molecular weight is 240 g/mol. The van der Waals surface area contributed by atoms with Crippen LogP contribution in [0.1, 0.15) is 19.8 Å². The number of alkyl halides is 1. The summed E-state index contributed by atoms with van der Waals surface area (Å²) in [7, 11) is 0. The van der Waals surface area contributed by atoms with E-state index in [9.17, 15) is 4.79 Å². The van der Waals surface area contributed by atoms with Crippen LogP contribution in [0.5, 0.6) is 0 Å². The van der Waals surface area contributed by atoms with Gasteiger partial charge in [-0.05, 0) is 17.8 Å². The number of hydrogen-bond donors (Lipinski definition) is 0. The van der Waals surface area contributed by atoms with E-state index in [4.69, 9.17) is 0 Å². The lowest BCUT2D eigenvalue weighted by Gasteiger charge is -1.85. The fourth-order valence-electron chi connectivity index (χ4n) is 0.316. The molecule has 0 saturated heterocycles. The van der Waals surface area contributed by atoms with Gasteiger partial charge in [0.05, 0.1) is 0 Å². The number of Topliss-reactive ketones (excluding diaryl/α,β-unsaturated/α-hetero) is 1. The minimum absolute atomic E-state index is 0.302. The smallest absolute Gasteiger partial charge is 0.129 e. The molecule has 0 aromatic carbocycles. The molecule has 0 aliphatic heterocycles. The van der Waals surface area contributed by atoms with Gasteiger partial charge < -0.3 is 4.79 Å². The molecule has 0 fully saturated rings. The van der Waals surface area contributed by atoms with Crippen molar-refractivity contribution < 1.29 is 4.79 Å². The van der Waals surface area contributed by atoms with Crippen molar-refractivity contribution in [2.24, 2.45) is 0 Å². The van der Waals surface area contributed by atoms with Gasteiger partial charge in [0.15, 0.2) is 0 Å². The molecule has 0 aromatic rings. The van der Waals surface area contributed by atoms with Crippen molar-refractivity contribution in [2.75, 3.05) is 4.43 Å². The van der Waals surface area contributed by atoms with Crippen molar-refractivity contribution in [3.05, 3.63) is 13.2 Å². The first-order valence-electron chi connectivity index (χ1n) is 2.82. The third-order valence-electron chi connectivity index (χ3n) is 0.662. The summed E-state index contributed by atoms with van der Waals surface area (Å²) >= 11 is 2.27. The van der Waals surface area contributed by atoms with Gasteiger partial charge >= 0.3 is 0 Å². The number of carbonyl (C=O) groups is 1. The molecule has 0 unspecified atom stereocenters. The maximum absolute atomic E-state index is 10.2. The van der Waals surface area contributed by atoms with Crippen LogP contribution in [0.3, 0.4) is 0 Å². The van der Waals surface area contributed by atoms with E-state index in [0.29, 0.717) is 5.78 Å². The van der Waals surface area contributed by atoms with Gasteiger partial charge in [0.1, 0.15) is 5.78 Å². The van der Waals surface area contributed by atoms with Gasteiger partial charge in [-0.25, -0.2) is 0 Å². The third-order valence-corrected chi connectivity index (χ3v) is 1.43. The first-order valence-corrected chi connectivity index (χ1v) is 4.35. The highest BCUT2D eigenvalue weighted by Crippen LogP contribution is 1.93. The van der Waals surface area contributed by atoms with Crippen LogP contribution in [0.25, 0.3) is 0 Å². The Morgan fingerprint density at radius 3 is 2.11 bits per heavy atom. The molecule has 54 valence electrons. The summed E-state index contributed by atoms with van der Waals surface area (Å²) < 4.78 is 1.09. The second-order valence-electron chi connectivity index (χ2n) is 1.49. The molecule has 0 rings (SSSR count). The van der Waals surface area contributed by atoms with Gasteiger partial charge in [-0.1, -0.05) is 22.6 Å². The summed E-state index contributed by atoms with van der Waals surface area (Å²) in [6.07, 6.45) is 1.79. The summed E-state index contributed by atoms with van der Waals surface area (Å²) in [4.78, 5) is 10.2. The molecule has 0 aliphatic carbocycles. The van der Waals surface area contributed by atoms with Gasteiger partial charge in [-0.2, -0.15) is 0 Å². The number of carbonyl (C=O) groups excluding carboxylic acids is 1. The number of ketones is 1. The average Bonchev–Trinajstić information content (AvgIpc) is 1.88. The molecule has 0 aromatic heterocycles. The summed E-state index contributed by atoms with van der Waals surface area (Å²) in [5, 5.41) is 0. The van der Waals surface area contributed by atoms with E-state index >= 15 is 0 Å². The lowest BCUT2D eigenvalue weighted by molar-refractivity contribution is -0.117. The number of halogens is 1. The highest BCUT2D eigenvalue weighted by molar-refractivity contribution is 14.1. The first-order chi connectivity index (χ1) is 4.27. The Bertz CT molecular complexity index is 71.3. The Hall–Kier alpha value is 0.140. The summed E-state index contributed by atoms with van der Waals surface area (Å²) in [6.45, 7) is 7.63. The number of hydrogen-bond acceptors (Lipinski definition) is 1. The van der Waals surface area contributed by atoms with E-state index in [1.165, 1.54) is 0 Å². The van der Waals surface area contributed by atoms with E-state index < -0.39 is 0 Å². The lowest BCUT2D eigenvalue weighted by Crippen LogP contribution is -1.88. The van der Waals surface area contributed by atoms with Gasteiger partial charge in [-0.15, -0.1) is 13.2 Å². The quantitative estimate of drug-likeness (QED) is 0.421. The minimum atomic E-state index is 0.302. The topological polar surface area (TPSA) is 17.1 Å². The van der Waals surface area contributed by atoms with Gasteiger partial charge in [0.2, 0.25) is 0 Å². The predicted molar refractivity (Wildman–Crippen MR) is 50.1 cm³/mol. The zero-order valence-corrected chi connectivity index (χ0v) is 7.98. The summed E-state index contributed by atoms with van der Waals surface area (Å²) in [5.41, 5.74) is 0. The molecular weight excluding hydrogens is 227 g/mol. The Kier molecular flexibility index (Phi) is 14.5. The Morgan fingerprint density at radius 1 is 1.56 bits per heavy atom. The second-order valence-corrected chi connectivity index (χ2v) is 2.57. The molecule has 2 heteroatoms. The first kappa shape index (κ1) is 11.9. The molecule has 0 saturated carbocycles. The van der Waals surface area contributed by atoms with Crippen LogP contribution in [0, 0.1) is 0 Å². The lowest BCUT2D eigenvalue weighted by atomic mass is 10.3. The van der Waals surface area contributed by atoms with Crippen LogP contribution in [-0.2, 0) is 4.79 Å². The summed E-state index contributed by atoms with van der Waals surface area (Å²) in [6, 6.07) is 0. The molecule has 0 spiro atoms. The standard InChI is InChI=1S/C5H9IO.C2H4/c1-5(7)3-2-4-6;1-2/h2-4H2,1H3;1-2H2. The highest BCUT2D eigenvalue weighted by Gasteiger charge is 1.88. The van der Waals surface area contributed by atoms with Crippen LogP contribution < -0.4 is 0 Å². The van der Waals surface area contributed by atoms with E-state index in [1.54, 1.807) is 6.92 Å².